The number of fused-ring (bicyclic) bond motifs is 24. The van der Waals surface area contributed by atoms with E-state index in [2.05, 4.69) is 349 Å². The summed E-state index contributed by atoms with van der Waals surface area (Å²) in [7, 11) is 0. The highest BCUT2D eigenvalue weighted by Gasteiger charge is 2.24. The summed E-state index contributed by atoms with van der Waals surface area (Å²) in [6.45, 7) is 0. The van der Waals surface area contributed by atoms with E-state index in [1.54, 1.807) is 17.7 Å². The Morgan fingerprint density at radius 1 is 0.189 bits per heavy atom. The zero-order chi connectivity index (χ0) is 80.0. The summed E-state index contributed by atoms with van der Waals surface area (Å²) in [6.07, 6.45) is 3.63. The first-order valence-corrected chi connectivity index (χ1v) is 43.2. The van der Waals surface area contributed by atoms with Gasteiger partial charge in [0, 0.05) is 140 Å². The number of thiophene rings is 3. The summed E-state index contributed by atoms with van der Waals surface area (Å²) in [6, 6.07) is 136. The predicted molar refractivity (Wildman–Crippen MR) is 513 cm³/mol. The van der Waals surface area contributed by atoms with Gasteiger partial charge in [0.1, 0.15) is 6.33 Å². The molecule has 0 N–H and O–H groups in total. The Morgan fingerprint density at radius 3 is 0.918 bits per heavy atom. The molecule has 0 unspecified atom stereocenters. The Bertz CT molecular complexity index is 8330. The molecule has 0 bridgehead atoms. The van der Waals surface area contributed by atoms with E-state index >= 15 is 0 Å². The molecule has 27 aromatic rings. The summed E-state index contributed by atoms with van der Waals surface area (Å²) < 4.78 is 19.2. The van der Waals surface area contributed by atoms with Gasteiger partial charge in [-0.3, -0.25) is 9.13 Å². The normalized spacial score (nSPS) is 11.9. The van der Waals surface area contributed by atoms with Crippen LogP contribution in [0.3, 0.4) is 0 Å². The molecule has 0 atom stereocenters. The minimum Gasteiger partial charge on any atom is -0.309 e. The molecule has 0 saturated carbocycles. The number of rotatable bonds is 8. The van der Waals surface area contributed by atoms with Gasteiger partial charge < -0.3 is 13.7 Å². The van der Waals surface area contributed by atoms with Gasteiger partial charge in [-0.15, -0.1) is 34.0 Å². The highest BCUT2D eigenvalue weighted by molar-refractivity contribution is 7.27. The van der Waals surface area contributed by atoms with Crippen LogP contribution in [0.1, 0.15) is 0 Å². The van der Waals surface area contributed by atoms with Crippen LogP contribution in [-0.2, 0) is 0 Å². The number of hydrogen-bond acceptors (Lipinski definition) is 9. The highest BCUT2D eigenvalue weighted by atomic mass is 32.1. The molecule has 11 heterocycles. The topological polar surface area (TPSA) is 102 Å². The van der Waals surface area contributed by atoms with Crippen LogP contribution in [0.5, 0.6) is 0 Å². The van der Waals surface area contributed by atoms with Crippen molar-refractivity contribution in [2.24, 2.45) is 0 Å². The van der Waals surface area contributed by atoms with E-state index in [0.29, 0.717) is 17.5 Å². The first-order valence-electron chi connectivity index (χ1n) is 40.8. The third kappa shape index (κ3) is 11.0. The Balaban J connectivity index is 0.000000101. The quantitative estimate of drug-likeness (QED) is 0.150. The van der Waals surface area contributed by atoms with E-state index in [1.807, 2.05) is 89.5 Å². The van der Waals surface area contributed by atoms with Crippen LogP contribution < -0.4 is 0 Å². The molecule has 0 amide bonds. The second-order valence-electron chi connectivity index (χ2n) is 30.8. The van der Waals surface area contributed by atoms with E-state index in [1.165, 1.54) is 149 Å². The largest absolute Gasteiger partial charge is 0.309 e. The van der Waals surface area contributed by atoms with Crippen molar-refractivity contribution in [3.8, 4) is 62.9 Å². The van der Waals surface area contributed by atoms with Crippen molar-refractivity contribution in [1.82, 2.24) is 52.7 Å². The fourth-order valence-corrected chi connectivity index (χ4v) is 22.1. The lowest BCUT2D eigenvalue weighted by molar-refractivity contribution is 1.07. The van der Waals surface area contributed by atoms with E-state index in [-0.39, 0.29) is 0 Å². The molecule has 0 aliphatic heterocycles. The van der Waals surface area contributed by atoms with Crippen LogP contribution in [0.15, 0.2) is 395 Å². The Morgan fingerprint density at radius 2 is 0.500 bits per heavy atom. The molecule has 0 aliphatic rings. The molecule has 0 aliphatic carbocycles. The van der Waals surface area contributed by atoms with Crippen LogP contribution >= 0.6 is 34.0 Å². The van der Waals surface area contributed by atoms with Gasteiger partial charge in [-0.25, -0.2) is 29.9 Å². The van der Waals surface area contributed by atoms with Gasteiger partial charge in [-0.2, -0.15) is 0 Å². The molecular weight excluding hydrogens is 1550 g/mol. The molecule has 122 heavy (non-hydrogen) atoms. The van der Waals surface area contributed by atoms with Crippen LogP contribution in [0.25, 0.3) is 233 Å². The van der Waals surface area contributed by atoms with E-state index in [9.17, 15) is 0 Å². The Labute approximate surface area is 708 Å². The summed E-state index contributed by atoms with van der Waals surface area (Å²) in [5, 5.41) is 18.7. The van der Waals surface area contributed by atoms with Crippen LogP contribution in [0, 0.1) is 0 Å². The Hall–Kier alpha value is -15.6. The van der Waals surface area contributed by atoms with Gasteiger partial charge in [0.2, 0.25) is 0 Å². The Kier molecular flexibility index (Phi) is 16.0. The molecule has 570 valence electrons. The fourth-order valence-electron chi connectivity index (χ4n) is 18.7. The second kappa shape index (κ2) is 28.1. The van der Waals surface area contributed by atoms with Crippen molar-refractivity contribution in [2.75, 3.05) is 0 Å². The van der Waals surface area contributed by atoms with Gasteiger partial charge in [0.25, 0.3) is 0 Å². The van der Waals surface area contributed by atoms with Crippen LogP contribution in [0.4, 0.5) is 0 Å². The minimum absolute atomic E-state index is 0.630. The maximum atomic E-state index is 4.97. The molecular formula is C108H65N11S3. The molecule has 0 spiro atoms. The van der Waals surface area contributed by atoms with Crippen molar-refractivity contribution in [1.29, 1.82) is 0 Å². The van der Waals surface area contributed by atoms with Gasteiger partial charge in [0.05, 0.1) is 70.1 Å². The lowest BCUT2D eigenvalue weighted by Crippen LogP contribution is -2.00. The second-order valence-corrected chi connectivity index (χ2v) is 34.0. The standard InChI is InChI=1S/C37H22N6S.C36H22N2S.C35H21N3S/c1-3-11-23(12-4-1)34-40-35(24-13-5-2-6-14-24)42-36(41-34)25-19-20-30-28(21-25)26-15-7-9-17-29(26)43(30)37-33-32(38-22-39-37)27-16-8-10-18-31(27)44-33;1-5-13-31-25(9-1)26-10-2-6-14-32(26)37(31)23-17-19-35-29(21-23)30-22-24(18-20-36(30)39-35)38-33-15-7-3-11-27(33)28-12-4-8-16-34(28)38;1-5-13-29-23(9-1)24-10-2-6-14-30(24)37(29)22-17-18-33-28(21-22)27-19-20-36-35(34(27)39-33)38-31-15-7-3-11-25(31)26-12-4-8-16-32(26)38/h1-22H;1-22H;1-21H. The third-order valence-corrected chi connectivity index (χ3v) is 27.6. The lowest BCUT2D eigenvalue weighted by atomic mass is 10.1. The zero-order valence-electron chi connectivity index (χ0n) is 65.2. The SMILES string of the molecule is c1ccc(-c2nc(-c3ccccc3)nc(-c3ccc4c(c3)c3ccccc3n4-c3ncnc4c3sc3ccccc34)n2)cc1.c1ccc2c(c1)c1ccccc1n2-c1ccc2sc3c(-n4c5ccccc5c5ccccc54)nccc3c2c1.c1ccc2c(c1)c1ccccc1n2-c1ccc2sc3ccc(-n4c5ccccc5c5ccccc54)cc3c2c1. The highest BCUT2D eigenvalue weighted by Crippen LogP contribution is 2.46. The van der Waals surface area contributed by atoms with Crippen molar-refractivity contribution < 1.29 is 0 Å². The third-order valence-electron chi connectivity index (χ3n) is 24.1. The van der Waals surface area contributed by atoms with Crippen molar-refractivity contribution in [3.05, 3.63) is 395 Å². The number of para-hydroxylation sites is 9. The van der Waals surface area contributed by atoms with Gasteiger partial charge in [-0.1, -0.05) is 243 Å². The van der Waals surface area contributed by atoms with Gasteiger partial charge in [0.15, 0.2) is 29.1 Å². The van der Waals surface area contributed by atoms with Crippen LogP contribution in [0.2, 0.25) is 0 Å². The molecule has 11 aromatic heterocycles. The molecule has 16 aromatic carbocycles. The van der Waals surface area contributed by atoms with Gasteiger partial charge in [-0.05, 0) is 140 Å². The smallest absolute Gasteiger partial charge is 0.164 e. The number of nitrogens with zero attached hydrogens (tertiary/aromatic N) is 11. The van der Waals surface area contributed by atoms with Crippen molar-refractivity contribution in [3.63, 3.8) is 0 Å². The summed E-state index contributed by atoms with van der Waals surface area (Å²) in [4.78, 5) is 29.3. The van der Waals surface area contributed by atoms with Crippen molar-refractivity contribution in [2.45, 2.75) is 0 Å². The number of pyridine rings is 1. The molecule has 11 nitrogen and oxygen atoms in total. The van der Waals surface area contributed by atoms with Gasteiger partial charge >= 0.3 is 0 Å². The first kappa shape index (κ1) is 69.5. The average molecular weight is 1610 g/mol. The zero-order valence-corrected chi connectivity index (χ0v) is 67.6. The minimum atomic E-state index is 0.630. The summed E-state index contributed by atoms with van der Waals surface area (Å²) >= 11 is 5.42. The van der Waals surface area contributed by atoms with Crippen LogP contribution in [-0.4, -0.2) is 52.7 Å². The van der Waals surface area contributed by atoms with E-state index < -0.39 is 0 Å². The maximum absolute atomic E-state index is 4.97. The number of benzene rings is 16. The lowest BCUT2D eigenvalue weighted by Gasteiger charge is -2.09. The summed E-state index contributed by atoms with van der Waals surface area (Å²) in [5.74, 6) is 3.79. The first-order chi connectivity index (χ1) is 60.5. The molecule has 0 fully saturated rings. The number of aromatic nitrogens is 11. The van der Waals surface area contributed by atoms with E-state index in [4.69, 9.17) is 24.9 Å². The monoisotopic (exact) mass is 1610 g/mol. The molecule has 0 radical (unpaired) electrons. The number of hydrogen-bond donors (Lipinski definition) is 0. The predicted octanol–water partition coefficient (Wildman–Crippen LogP) is 29.0. The maximum Gasteiger partial charge on any atom is 0.164 e. The van der Waals surface area contributed by atoms with E-state index in [0.717, 1.165) is 65.7 Å². The molecule has 14 heteroatoms. The summed E-state index contributed by atoms with van der Waals surface area (Å²) in [5.41, 5.74) is 19.3. The van der Waals surface area contributed by atoms with Crippen molar-refractivity contribution >= 4 is 204 Å². The fraction of sp³-hybridized carbons (Fsp3) is 0. The molecule has 0 saturated heterocycles. The average Bonchev–Trinajstić information content (AvgIpc) is 1.58. The molecule has 27 rings (SSSR count).